The zero-order valence-corrected chi connectivity index (χ0v) is 10.6. The summed E-state index contributed by atoms with van der Waals surface area (Å²) >= 11 is 0. The number of carbonyl (C=O) groups excluding carboxylic acids is 1. The van der Waals surface area contributed by atoms with Crippen molar-refractivity contribution >= 4 is 5.91 Å². The summed E-state index contributed by atoms with van der Waals surface area (Å²) in [6.07, 6.45) is 3.99. The van der Waals surface area contributed by atoms with Crippen molar-refractivity contribution in [1.82, 2.24) is 0 Å². The summed E-state index contributed by atoms with van der Waals surface area (Å²) < 4.78 is 10.8. The molecular weight excluding hydrogens is 230 g/mol. The molecule has 0 radical (unpaired) electrons. The first-order valence-electron chi connectivity index (χ1n) is 6.42. The Balaban J connectivity index is 2.20. The summed E-state index contributed by atoms with van der Waals surface area (Å²) in [6.45, 7) is 2.35. The van der Waals surface area contributed by atoms with Crippen LogP contribution in [0.1, 0.15) is 44.1 Å². The number of rotatable bonds is 6. The summed E-state index contributed by atoms with van der Waals surface area (Å²) in [5.41, 5.74) is 6.36. The van der Waals surface area contributed by atoms with Crippen LogP contribution in [0.2, 0.25) is 0 Å². The molecule has 0 bridgehead atoms. The highest BCUT2D eigenvalue weighted by Gasteiger charge is 2.26. The second-order valence-corrected chi connectivity index (χ2v) is 4.53. The van der Waals surface area contributed by atoms with E-state index in [9.17, 15) is 4.79 Å². The second-order valence-electron chi connectivity index (χ2n) is 4.53. The van der Waals surface area contributed by atoms with E-state index < -0.39 is 0 Å². The Morgan fingerprint density at radius 1 is 1.39 bits per heavy atom. The number of nitrogens with two attached hydrogens (primary N) is 1. The zero-order valence-electron chi connectivity index (χ0n) is 10.6. The van der Waals surface area contributed by atoms with E-state index in [1.807, 2.05) is 18.2 Å². The van der Waals surface area contributed by atoms with Gasteiger partial charge in [-0.15, -0.1) is 0 Å². The summed E-state index contributed by atoms with van der Waals surface area (Å²) in [7, 11) is 0. The molecule has 1 amide bonds. The summed E-state index contributed by atoms with van der Waals surface area (Å²) in [5.74, 6) is 0.801. The maximum Gasteiger partial charge on any atom is 0.231 e. The molecule has 4 nitrogen and oxygen atoms in total. The van der Waals surface area contributed by atoms with E-state index in [2.05, 4.69) is 6.92 Å². The fraction of sp³-hybridized carbons (Fsp3) is 0.500. The third kappa shape index (κ3) is 2.58. The van der Waals surface area contributed by atoms with Gasteiger partial charge in [-0.1, -0.05) is 38.3 Å². The minimum atomic E-state index is -0.296. The number of hydrogen-bond donors (Lipinski definition) is 1. The Bertz CT molecular complexity index is 431. The molecule has 0 unspecified atom stereocenters. The Labute approximate surface area is 107 Å². The number of primary amides is 1. The first-order chi connectivity index (χ1) is 8.74. The largest absolute Gasteiger partial charge is 0.454 e. The molecule has 98 valence electrons. The predicted molar refractivity (Wildman–Crippen MR) is 68.6 cm³/mol. The molecule has 0 saturated carbocycles. The van der Waals surface area contributed by atoms with Gasteiger partial charge in [0, 0.05) is 5.56 Å². The smallest absolute Gasteiger partial charge is 0.231 e. The van der Waals surface area contributed by atoms with Crippen molar-refractivity contribution < 1.29 is 14.3 Å². The molecule has 0 spiro atoms. The standard InChI is InChI=1S/C14H19NO3/c1-2-3-4-6-11(14(15)16)10-7-5-8-12-13(10)18-9-17-12/h5,7-8,11H,2-4,6,9H2,1H3,(H2,15,16)/t11-/m0/s1. The van der Waals surface area contributed by atoms with E-state index in [-0.39, 0.29) is 18.6 Å². The van der Waals surface area contributed by atoms with Gasteiger partial charge < -0.3 is 15.2 Å². The number of carbonyl (C=O) groups is 1. The van der Waals surface area contributed by atoms with Crippen molar-refractivity contribution in [2.24, 2.45) is 5.73 Å². The van der Waals surface area contributed by atoms with Gasteiger partial charge in [-0.2, -0.15) is 0 Å². The molecule has 18 heavy (non-hydrogen) atoms. The lowest BCUT2D eigenvalue weighted by Crippen LogP contribution is -2.21. The molecule has 0 aliphatic carbocycles. The highest BCUT2D eigenvalue weighted by atomic mass is 16.7. The van der Waals surface area contributed by atoms with Gasteiger partial charge in [0.2, 0.25) is 12.7 Å². The number of benzene rings is 1. The summed E-state index contributed by atoms with van der Waals surface area (Å²) in [5, 5.41) is 0. The molecule has 2 N–H and O–H groups in total. The van der Waals surface area contributed by atoms with Crippen LogP contribution in [0.5, 0.6) is 11.5 Å². The van der Waals surface area contributed by atoms with Crippen LogP contribution in [0.25, 0.3) is 0 Å². The van der Waals surface area contributed by atoms with E-state index in [0.717, 1.165) is 31.2 Å². The van der Waals surface area contributed by atoms with Gasteiger partial charge in [0.25, 0.3) is 0 Å². The Hall–Kier alpha value is -1.71. The van der Waals surface area contributed by atoms with Gasteiger partial charge >= 0.3 is 0 Å². The SMILES string of the molecule is CCCCC[C@H](C(N)=O)c1cccc2c1OCO2. The van der Waals surface area contributed by atoms with Crippen LogP contribution in [-0.2, 0) is 4.79 Å². The lowest BCUT2D eigenvalue weighted by molar-refractivity contribution is -0.119. The van der Waals surface area contributed by atoms with Crippen molar-refractivity contribution in [3.8, 4) is 11.5 Å². The molecule has 2 rings (SSSR count). The predicted octanol–water partition coefficient (Wildman–Crippen LogP) is 2.56. The number of para-hydroxylation sites is 1. The average Bonchev–Trinajstić information content (AvgIpc) is 2.82. The summed E-state index contributed by atoms with van der Waals surface area (Å²) in [4.78, 5) is 11.6. The van der Waals surface area contributed by atoms with Gasteiger partial charge in [-0.05, 0) is 12.5 Å². The van der Waals surface area contributed by atoms with Crippen molar-refractivity contribution in [3.63, 3.8) is 0 Å². The Kier molecular flexibility index (Phi) is 4.07. The number of ether oxygens (including phenoxy) is 2. The highest BCUT2D eigenvalue weighted by Crippen LogP contribution is 2.40. The zero-order chi connectivity index (χ0) is 13.0. The fourth-order valence-corrected chi connectivity index (χ4v) is 2.28. The average molecular weight is 249 g/mol. The lowest BCUT2D eigenvalue weighted by atomic mass is 9.91. The number of amides is 1. The van der Waals surface area contributed by atoms with Gasteiger partial charge in [0.15, 0.2) is 11.5 Å². The third-order valence-electron chi connectivity index (χ3n) is 3.24. The molecule has 1 atom stereocenters. The van der Waals surface area contributed by atoms with Crippen LogP contribution >= 0.6 is 0 Å². The minimum Gasteiger partial charge on any atom is -0.454 e. The minimum absolute atomic E-state index is 0.215. The van der Waals surface area contributed by atoms with Gasteiger partial charge in [-0.25, -0.2) is 0 Å². The van der Waals surface area contributed by atoms with E-state index in [1.165, 1.54) is 0 Å². The highest BCUT2D eigenvalue weighted by molar-refractivity contribution is 5.83. The van der Waals surface area contributed by atoms with Gasteiger partial charge in [0.05, 0.1) is 5.92 Å². The van der Waals surface area contributed by atoms with Gasteiger partial charge in [-0.3, -0.25) is 4.79 Å². The first-order valence-corrected chi connectivity index (χ1v) is 6.42. The molecule has 1 aromatic rings. The Morgan fingerprint density at radius 3 is 2.94 bits per heavy atom. The normalized spacial score (nSPS) is 14.5. The van der Waals surface area contributed by atoms with E-state index in [0.29, 0.717) is 11.5 Å². The number of fused-ring (bicyclic) bond motifs is 1. The molecule has 0 aromatic heterocycles. The van der Waals surface area contributed by atoms with Crippen LogP contribution in [0, 0.1) is 0 Å². The molecular formula is C14H19NO3. The molecule has 1 aromatic carbocycles. The van der Waals surface area contributed by atoms with Crippen LogP contribution in [-0.4, -0.2) is 12.7 Å². The second kappa shape index (κ2) is 5.76. The van der Waals surface area contributed by atoms with E-state index in [4.69, 9.17) is 15.2 Å². The third-order valence-corrected chi connectivity index (χ3v) is 3.24. The molecule has 0 fully saturated rings. The maximum absolute atomic E-state index is 11.6. The quantitative estimate of drug-likeness (QED) is 0.788. The molecule has 0 saturated heterocycles. The van der Waals surface area contributed by atoms with E-state index >= 15 is 0 Å². The number of hydrogen-bond acceptors (Lipinski definition) is 3. The van der Waals surface area contributed by atoms with E-state index in [1.54, 1.807) is 0 Å². The molecule has 1 aliphatic rings. The van der Waals surface area contributed by atoms with Crippen molar-refractivity contribution in [2.45, 2.75) is 38.5 Å². The fourth-order valence-electron chi connectivity index (χ4n) is 2.28. The number of unbranched alkanes of at least 4 members (excludes halogenated alkanes) is 2. The van der Waals surface area contributed by atoms with Crippen LogP contribution in [0.15, 0.2) is 18.2 Å². The summed E-state index contributed by atoms with van der Waals surface area (Å²) in [6, 6.07) is 5.61. The van der Waals surface area contributed by atoms with Crippen LogP contribution in [0.4, 0.5) is 0 Å². The van der Waals surface area contributed by atoms with Crippen molar-refractivity contribution in [2.75, 3.05) is 6.79 Å². The van der Waals surface area contributed by atoms with Crippen LogP contribution in [0.3, 0.4) is 0 Å². The Morgan fingerprint density at radius 2 is 2.22 bits per heavy atom. The van der Waals surface area contributed by atoms with Crippen LogP contribution < -0.4 is 15.2 Å². The van der Waals surface area contributed by atoms with Crippen molar-refractivity contribution in [1.29, 1.82) is 0 Å². The van der Waals surface area contributed by atoms with Crippen molar-refractivity contribution in [3.05, 3.63) is 23.8 Å². The monoisotopic (exact) mass is 249 g/mol. The molecule has 1 aliphatic heterocycles. The molecule has 4 heteroatoms. The maximum atomic E-state index is 11.6. The first kappa shape index (κ1) is 12.7. The topological polar surface area (TPSA) is 61.6 Å². The molecule has 1 heterocycles. The lowest BCUT2D eigenvalue weighted by Gasteiger charge is -2.15. The van der Waals surface area contributed by atoms with Gasteiger partial charge in [0.1, 0.15) is 0 Å².